The van der Waals surface area contributed by atoms with Crippen molar-refractivity contribution in [2.24, 2.45) is 5.92 Å². The van der Waals surface area contributed by atoms with E-state index in [9.17, 15) is 18.0 Å². The number of carbonyl (C=O) groups is 1. The van der Waals surface area contributed by atoms with Gasteiger partial charge in [-0.2, -0.15) is 13.2 Å². The molecule has 2 saturated heterocycles. The minimum absolute atomic E-state index is 0.172. The molecule has 0 aliphatic carbocycles. The molecule has 0 aromatic heterocycles. The van der Waals surface area contributed by atoms with Gasteiger partial charge in [0, 0.05) is 19.1 Å². The topological polar surface area (TPSA) is 32.3 Å². The molecule has 2 rings (SSSR count). The van der Waals surface area contributed by atoms with Gasteiger partial charge < -0.3 is 10.2 Å². The Balaban J connectivity index is 1.93. The third kappa shape index (κ3) is 3.16. The van der Waals surface area contributed by atoms with Crippen molar-refractivity contribution >= 4 is 5.91 Å². The first-order valence-corrected chi connectivity index (χ1v) is 6.58. The van der Waals surface area contributed by atoms with Crippen LogP contribution >= 0.6 is 0 Å². The number of alkyl halides is 3. The predicted molar refractivity (Wildman–Crippen MR) is 61.0 cm³/mol. The van der Waals surface area contributed by atoms with Crippen LogP contribution in [0.25, 0.3) is 0 Å². The summed E-state index contributed by atoms with van der Waals surface area (Å²) in [6.45, 7) is 1.42. The van der Waals surface area contributed by atoms with Crippen LogP contribution in [0.15, 0.2) is 0 Å². The van der Waals surface area contributed by atoms with Crippen LogP contribution in [0.4, 0.5) is 13.2 Å². The first-order chi connectivity index (χ1) is 8.48. The zero-order valence-corrected chi connectivity index (χ0v) is 10.3. The second-order valence-electron chi connectivity index (χ2n) is 5.21. The summed E-state index contributed by atoms with van der Waals surface area (Å²) in [7, 11) is 0. The van der Waals surface area contributed by atoms with Gasteiger partial charge >= 0.3 is 12.1 Å². The molecule has 0 unspecified atom stereocenters. The molecule has 18 heavy (non-hydrogen) atoms. The van der Waals surface area contributed by atoms with Gasteiger partial charge in [-0.1, -0.05) is 6.42 Å². The van der Waals surface area contributed by atoms with Gasteiger partial charge in [-0.3, -0.25) is 4.79 Å². The maximum Gasteiger partial charge on any atom is 0.471 e. The van der Waals surface area contributed by atoms with E-state index in [-0.39, 0.29) is 25.0 Å². The average Bonchev–Trinajstić information content (AvgIpc) is 2.38. The molecule has 1 amide bonds. The van der Waals surface area contributed by atoms with Crippen LogP contribution in [0.5, 0.6) is 0 Å². The molecule has 2 aliphatic rings. The van der Waals surface area contributed by atoms with Gasteiger partial charge in [-0.15, -0.1) is 0 Å². The largest absolute Gasteiger partial charge is 0.471 e. The lowest BCUT2D eigenvalue weighted by Crippen LogP contribution is -2.51. The van der Waals surface area contributed by atoms with Crippen molar-refractivity contribution < 1.29 is 18.0 Å². The van der Waals surface area contributed by atoms with Crippen LogP contribution in [0.2, 0.25) is 0 Å². The Bertz CT molecular complexity index is 300. The van der Waals surface area contributed by atoms with Crippen molar-refractivity contribution in [2.75, 3.05) is 19.6 Å². The number of nitrogens with one attached hydrogen (secondary N) is 1. The molecule has 2 aliphatic heterocycles. The summed E-state index contributed by atoms with van der Waals surface area (Å²) in [6.07, 6.45) is 0.125. The van der Waals surface area contributed by atoms with Crippen LogP contribution < -0.4 is 5.32 Å². The van der Waals surface area contributed by atoms with Crippen molar-refractivity contribution in [1.29, 1.82) is 0 Å². The predicted octanol–water partition coefficient (Wildman–Crippen LogP) is 1.93. The summed E-state index contributed by atoms with van der Waals surface area (Å²) in [5.41, 5.74) is 0. The SMILES string of the molecule is O=C(N1CCC[C@H]([C@H]2CCCCN2)C1)C(F)(F)F. The molecule has 0 radical (unpaired) electrons. The third-order valence-electron chi connectivity index (χ3n) is 3.91. The fourth-order valence-corrected chi connectivity index (χ4v) is 2.98. The second-order valence-corrected chi connectivity index (χ2v) is 5.21. The molecule has 0 aromatic rings. The quantitative estimate of drug-likeness (QED) is 0.785. The smallest absolute Gasteiger partial charge is 0.335 e. The van der Waals surface area contributed by atoms with Gasteiger partial charge in [0.05, 0.1) is 0 Å². The highest BCUT2D eigenvalue weighted by Crippen LogP contribution is 2.27. The van der Waals surface area contributed by atoms with E-state index in [0.717, 1.165) is 37.1 Å². The molecule has 6 heteroatoms. The molecule has 0 aromatic carbocycles. The maximum absolute atomic E-state index is 12.4. The summed E-state index contributed by atoms with van der Waals surface area (Å²) < 4.78 is 37.2. The summed E-state index contributed by atoms with van der Waals surface area (Å²) in [5.74, 6) is -1.51. The van der Waals surface area contributed by atoms with E-state index in [0.29, 0.717) is 6.42 Å². The van der Waals surface area contributed by atoms with E-state index in [1.165, 1.54) is 0 Å². The molecular weight excluding hydrogens is 245 g/mol. The summed E-state index contributed by atoms with van der Waals surface area (Å²) in [6, 6.07) is 0.280. The van der Waals surface area contributed by atoms with Crippen molar-refractivity contribution in [3.63, 3.8) is 0 Å². The van der Waals surface area contributed by atoms with Crippen molar-refractivity contribution in [3.05, 3.63) is 0 Å². The first kappa shape index (κ1) is 13.6. The lowest BCUT2D eigenvalue weighted by molar-refractivity contribution is -0.187. The molecule has 2 fully saturated rings. The number of halogens is 3. The Kier molecular flexibility index (Phi) is 4.14. The number of hydrogen-bond donors (Lipinski definition) is 1. The minimum atomic E-state index is -4.73. The lowest BCUT2D eigenvalue weighted by atomic mass is 9.86. The van der Waals surface area contributed by atoms with Crippen LogP contribution in [-0.2, 0) is 4.79 Å². The van der Waals surface area contributed by atoms with Gasteiger partial charge in [0.2, 0.25) is 0 Å². The van der Waals surface area contributed by atoms with E-state index in [1.54, 1.807) is 0 Å². The molecule has 104 valence electrons. The number of hydrogen-bond acceptors (Lipinski definition) is 2. The van der Waals surface area contributed by atoms with E-state index < -0.39 is 12.1 Å². The molecule has 2 heterocycles. The first-order valence-electron chi connectivity index (χ1n) is 6.58. The van der Waals surface area contributed by atoms with Gasteiger partial charge in [-0.25, -0.2) is 0 Å². The highest BCUT2D eigenvalue weighted by molar-refractivity contribution is 5.81. The van der Waals surface area contributed by atoms with Gasteiger partial charge in [0.1, 0.15) is 0 Å². The maximum atomic E-state index is 12.4. The van der Waals surface area contributed by atoms with Gasteiger partial charge in [0.25, 0.3) is 0 Å². The van der Waals surface area contributed by atoms with Crippen molar-refractivity contribution in [2.45, 2.75) is 44.3 Å². The number of nitrogens with zero attached hydrogens (tertiary/aromatic N) is 1. The molecule has 1 N–H and O–H groups in total. The number of amides is 1. The molecule has 0 bridgehead atoms. The Labute approximate surface area is 105 Å². The van der Waals surface area contributed by atoms with Gasteiger partial charge in [0.15, 0.2) is 0 Å². The monoisotopic (exact) mass is 264 g/mol. The lowest BCUT2D eigenvalue weighted by Gasteiger charge is -2.39. The summed E-state index contributed by atoms with van der Waals surface area (Å²) in [5, 5.41) is 3.37. The number of carbonyl (C=O) groups excluding carboxylic acids is 1. The number of likely N-dealkylation sites (tertiary alicyclic amines) is 1. The second kappa shape index (κ2) is 5.47. The van der Waals surface area contributed by atoms with Gasteiger partial charge in [-0.05, 0) is 38.1 Å². The summed E-state index contributed by atoms with van der Waals surface area (Å²) in [4.78, 5) is 12.2. The zero-order chi connectivity index (χ0) is 13.2. The van der Waals surface area contributed by atoms with E-state index in [1.807, 2.05) is 0 Å². The molecule has 0 spiro atoms. The third-order valence-corrected chi connectivity index (χ3v) is 3.91. The van der Waals surface area contributed by atoms with Crippen molar-refractivity contribution in [3.8, 4) is 0 Å². The zero-order valence-electron chi connectivity index (χ0n) is 10.3. The van der Waals surface area contributed by atoms with Crippen LogP contribution in [0.3, 0.4) is 0 Å². The molecule has 0 saturated carbocycles. The fourth-order valence-electron chi connectivity index (χ4n) is 2.98. The Hall–Kier alpha value is -0.780. The Morgan fingerprint density at radius 3 is 2.56 bits per heavy atom. The number of piperidine rings is 2. The van der Waals surface area contributed by atoms with Crippen LogP contribution in [0.1, 0.15) is 32.1 Å². The average molecular weight is 264 g/mol. The highest BCUT2D eigenvalue weighted by atomic mass is 19.4. The normalized spacial score (nSPS) is 30.3. The number of rotatable bonds is 1. The highest BCUT2D eigenvalue weighted by Gasteiger charge is 2.44. The van der Waals surface area contributed by atoms with E-state index in [4.69, 9.17) is 0 Å². The standard InChI is InChI=1S/C12H19F3N2O/c13-12(14,15)11(18)17-7-3-4-9(8-17)10-5-1-2-6-16-10/h9-10,16H,1-8H2/t9-,10+/m0/s1. The van der Waals surface area contributed by atoms with Crippen molar-refractivity contribution in [1.82, 2.24) is 10.2 Å². The molecule has 3 nitrogen and oxygen atoms in total. The molecular formula is C12H19F3N2O. The van der Waals surface area contributed by atoms with Crippen LogP contribution in [0, 0.1) is 5.92 Å². The Morgan fingerprint density at radius 2 is 1.94 bits per heavy atom. The van der Waals surface area contributed by atoms with E-state index >= 15 is 0 Å². The minimum Gasteiger partial charge on any atom is -0.335 e. The van der Waals surface area contributed by atoms with E-state index in [2.05, 4.69) is 5.32 Å². The Morgan fingerprint density at radius 1 is 1.17 bits per heavy atom. The summed E-state index contributed by atoms with van der Waals surface area (Å²) >= 11 is 0. The molecule has 2 atom stereocenters. The van der Waals surface area contributed by atoms with Crippen LogP contribution in [-0.4, -0.2) is 42.7 Å². The fraction of sp³-hybridized carbons (Fsp3) is 0.917.